The summed E-state index contributed by atoms with van der Waals surface area (Å²) in [6.07, 6.45) is 1.69. The molecule has 5 heteroatoms. The van der Waals surface area contributed by atoms with Crippen LogP contribution in [-0.4, -0.2) is 29.5 Å². The average Bonchev–Trinajstić information content (AvgIpc) is 2.54. The summed E-state index contributed by atoms with van der Waals surface area (Å²) in [6.45, 7) is 5.85. The number of ether oxygens (including phenoxy) is 2. The highest BCUT2D eigenvalue weighted by molar-refractivity contribution is 5.87. The zero-order valence-electron chi connectivity index (χ0n) is 10.9. The van der Waals surface area contributed by atoms with Crippen molar-refractivity contribution in [3.8, 4) is 5.75 Å². The van der Waals surface area contributed by atoms with Crippen LogP contribution in [0.1, 0.15) is 18.3 Å². The lowest BCUT2D eigenvalue weighted by atomic mass is 10.3. The largest absolute Gasteiger partial charge is 0.486 e. The van der Waals surface area contributed by atoms with E-state index in [1.807, 2.05) is 20.9 Å². The van der Waals surface area contributed by atoms with Gasteiger partial charge in [0.05, 0.1) is 12.8 Å². The Morgan fingerprint density at radius 1 is 1.47 bits per heavy atom. The van der Waals surface area contributed by atoms with Gasteiger partial charge in [-0.15, -0.1) is 0 Å². The Kier molecular flexibility index (Phi) is 4.31. The van der Waals surface area contributed by atoms with Gasteiger partial charge in [0.25, 0.3) is 0 Å². The smallest absolute Gasteiger partial charge is 0.333 e. The van der Waals surface area contributed by atoms with Crippen molar-refractivity contribution >= 4 is 5.97 Å². The van der Waals surface area contributed by atoms with Gasteiger partial charge < -0.3 is 9.47 Å². The van der Waals surface area contributed by atoms with Gasteiger partial charge in [-0.05, 0) is 26.8 Å². The van der Waals surface area contributed by atoms with Crippen LogP contribution in [0.4, 0.5) is 0 Å². The van der Waals surface area contributed by atoms with E-state index in [4.69, 9.17) is 4.74 Å². The molecule has 17 heavy (non-hydrogen) atoms. The number of carbonyl (C=O) groups excluding carboxylic acids is 1. The molecular weight excluding hydrogens is 220 g/mol. The average molecular weight is 238 g/mol. The van der Waals surface area contributed by atoms with Crippen molar-refractivity contribution in [1.29, 1.82) is 0 Å². The lowest BCUT2D eigenvalue weighted by Gasteiger charge is -2.04. The van der Waals surface area contributed by atoms with Gasteiger partial charge in [0.2, 0.25) is 0 Å². The van der Waals surface area contributed by atoms with E-state index in [0.717, 1.165) is 17.1 Å². The molecule has 5 nitrogen and oxygen atoms in total. The summed E-state index contributed by atoms with van der Waals surface area (Å²) in [5.41, 5.74) is 2.34. The summed E-state index contributed by atoms with van der Waals surface area (Å²) < 4.78 is 11.9. The number of carbonyl (C=O) groups is 1. The van der Waals surface area contributed by atoms with Gasteiger partial charge in [0.15, 0.2) is 5.75 Å². The lowest BCUT2D eigenvalue weighted by molar-refractivity contribution is -0.136. The molecule has 0 fully saturated rings. The Morgan fingerprint density at radius 3 is 2.59 bits per heavy atom. The minimum Gasteiger partial charge on any atom is -0.486 e. The predicted molar refractivity (Wildman–Crippen MR) is 64.0 cm³/mol. The fraction of sp³-hybridized carbons (Fsp3) is 0.500. The SMILES string of the molecule is COC(=O)C(C)=CCOc1c(C)nn(C)c1C. The number of rotatable bonds is 4. The van der Waals surface area contributed by atoms with Gasteiger partial charge in [-0.3, -0.25) is 4.68 Å². The topological polar surface area (TPSA) is 53.4 Å². The number of aromatic nitrogens is 2. The van der Waals surface area contributed by atoms with E-state index >= 15 is 0 Å². The Balaban J connectivity index is 2.65. The van der Waals surface area contributed by atoms with Gasteiger partial charge >= 0.3 is 5.97 Å². The fourth-order valence-corrected chi connectivity index (χ4v) is 1.46. The van der Waals surface area contributed by atoms with Gasteiger partial charge in [-0.1, -0.05) is 0 Å². The third-order valence-electron chi connectivity index (χ3n) is 2.57. The molecule has 0 N–H and O–H groups in total. The van der Waals surface area contributed by atoms with Crippen molar-refractivity contribution < 1.29 is 14.3 Å². The molecule has 0 saturated heterocycles. The number of hydrogen-bond acceptors (Lipinski definition) is 4. The molecule has 1 heterocycles. The number of nitrogens with zero attached hydrogens (tertiary/aromatic N) is 2. The summed E-state index contributed by atoms with van der Waals surface area (Å²) in [5, 5.41) is 4.24. The summed E-state index contributed by atoms with van der Waals surface area (Å²) in [7, 11) is 3.22. The molecular formula is C12H18N2O3. The van der Waals surface area contributed by atoms with Gasteiger partial charge in [-0.2, -0.15) is 5.10 Å². The molecule has 1 aromatic heterocycles. The molecule has 0 aromatic carbocycles. The molecule has 0 aliphatic heterocycles. The van der Waals surface area contributed by atoms with Crippen LogP contribution >= 0.6 is 0 Å². The van der Waals surface area contributed by atoms with E-state index in [1.165, 1.54) is 7.11 Å². The highest BCUT2D eigenvalue weighted by Gasteiger charge is 2.10. The van der Waals surface area contributed by atoms with E-state index in [-0.39, 0.29) is 5.97 Å². The second kappa shape index (κ2) is 5.52. The standard InChI is InChI=1S/C12H18N2O3/c1-8(12(15)16-5)6-7-17-11-9(2)13-14(4)10(11)3/h6H,7H2,1-5H3. The molecule has 0 amide bonds. The molecule has 0 spiro atoms. The maximum Gasteiger partial charge on any atom is 0.333 e. The summed E-state index contributed by atoms with van der Waals surface area (Å²) in [5.74, 6) is 0.426. The molecule has 1 aromatic rings. The Hall–Kier alpha value is -1.78. The predicted octanol–water partition coefficient (Wildman–Crippen LogP) is 1.54. The number of hydrogen-bond donors (Lipinski definition) is 0. The minimum absolute atomic E-state index is 0.328. The highest BCUT2D eigenvalue weighted by Crippen LogP contribution is 2.21. The third kappa shape index (κ3) is 3.09. The molecule has 0 unspecified atom stereocenters. The van der Waals surface area contributed by atoms with Crippen LogP contribution < -0.4 is 4.74 Å². The third-order valence-corrected chi connectivity index (χ3v) is 2.57. The van der Waals surface area contributed by atoms with Crippen LogP contribution in [0.25, 0.3) is 0 Å². The van der Waals surface area contributed by atoms with Crippen LogP contribution in [0.2, 0.25) is 0 Å². The molecule has 0 aliphatic carbocycles. The van der Waals surface area contributed by atoms with Gasteiger partial charge in [0, 0.05) is 12.6 Å². The molecule has 0 radical (unpaired) electrons. The van der Waals surface area contributed by atoms with Crippen LogP contribution in [0.5, 0.6) is 5.75 Å². The zero-order valence-corrected chi connectivity index (χ0v) is 10.9. The minimum atomic E-state index is -0.340. The monoisotopic (exact) mass is 238 g/mol. The van der Waals surface area contributed by atoms with Crippen LogP contribution in [0.3, 0.4) is 0 Å². The molecule has 0 atom stereocenters. The highest BCUT2D eigenvalue weighted by atomic mass is 16.5. The van der Waals surface area contributed by atoms with Crippen LogP contribution in [-0.2, 0) is 16.6 Å². The Morgan fingerprint density at radius 2 is 2.12 bits per heavy atom. The van der Waals surface area contributed by atoms with Gasteiger partial charge in [-0.25, -0.2) is 4.79 Å². The van der Waals surface area contributed by atoms with Crippen molar-refractivity contribution in [3.05, 3.63) is 23.0 Å². The number of methoxy groups -OCH3 is 1. The Labute approximate surface area is 101 Å². The van der Waals surface area contributed by atoms with Crippen LogP contribution in [0, 0.1) is 13.8 Å². The Bertz CT molecular complexity index is 447. The number of aryl methyl sites for hydroxylation is 2. The van der Waals surface area contributed by atoms with Crippen molar-refractivity contribution in [2.75, 3.05) is 13.7 Å². The molecule has 0 bridgehead atoms. The normalized spacial score (nSPS) is 11.5. The molecule has 0 saturated carbocycles. The van der Waals surface area contributed by atoms with E-state index < -0.39 is 0 Å². The summed E-state index contributed by atoms with van der Waals surface area (Å²) in [4.78, 5) is 11.1. The second-order valence-electron chi connectivity index (χ2n) is 3.81. The molecule has 0 aliphatic rings. The first kappa shape index (κ1) is 13.3. The van der Waals surface area contributed by atoms with E-state index in [2.05, 4.69) is 9.84 Å². The zero-order chi connectivity index (χ0) is 13.0. The van der Waals surface area contributed by atoms with E-state index in [9.17, 15) is 4.79 Å². The van der Waals surface area contributed by atoms with Gasteiger partial charge in [0.1, 0.15) is 12.3 Å². The maximum absolute atomic E-state index is 11.1. The fourth-order valence-electron chi connectivity index (χ4n) is 1.46. The van der Waals surface area contributed by atoms with E-state index in [0.29, 0.717) is 12.2 Å². The van der Waals surface area contributed by atoms with E-state index in [1.54, 1.807) is 17.7 Å². The first-order valence-electron chi connectivity index (χ1n) is 5.35. The van der Waals surface area contributed by atoms with Crippen molar-refractivity contribution in [2.45, 2.75) is 20.8 Å². The van der Waals surface area contributed by atoms with Crippen LogP contribution in [0.15, 0.2) is 11.6 Å². The number of esters is 1. The molecule has 94 valence electrons. The second-order valence-corrected chi connectivity index (χ2v) is 3.81. The quantitative estimate of drug-likeness (QED) is 0.589. The first-order chi connectivity index (χ1) is 7.97. The maximum atomic E-state index is 11.1. The van der Waals surface area contributed by atoms with Crippen molar-refractivity contribution in [2.24, 2.45) is 7.05 Å². The summed E-state index contributed by atoms with van der Waals surface area (Å²) >= 11 is 0. The van der Waals surface area contributed by atoms with Crippen molar-refractivity contribution in [3.63, 3.8) is 0 Å². The summed E-state index contributed by atoms with van der Waals surface area (Å²) in [6, 6.07) is 0. The van der Waals surface area contributed by atoms with Crippen molar-refractivity contribution in [1.82, 2.24) is 9.78 Å². The lowest BCUT2D eigenvalue weighted by Crippen LogP contribution is -2.04. The molecule has 1 rings (SSSR count). The first-order valence-corrected chi connectivity index (χ1v) is 5.35.